The number of hydrogen-bond donors (Lipinski definition) is 1. The second kappa shape index (κ2) is 5.92. The van der Waals surface area contributed by atoms with Crippen molar-refractivity contribution in [3.8, 4) is 0 Å². The van der Waals surface area contributed by atoms with Gasteiger partial charge >= 0.3 is 6.09 Å². The molecule has 0 unspecified atom stereocenters. The van der Waals surface area contributed by atoms with Gasteiger partial charge in [-0.15, -0.1) is 0 Å². The van der Waals surface area contributed by atoms with Crippen molar-refractivity contribution in [1.29, 1.82) is 0 Å². The van der Waals surface area contributed by atoms with Gasteiger partial charge in [-0.25, -0.2) is 4.79 Å². The van der Waals surface area contributed by atoms with Gasteiger partial charge in [0.05, 0.1) is 0 Å². The van der Waals surface area contributed by atoms with Crippen LogP contribution in [-0.4, -0.2) is 41.8 Å². The highest BCUT2D eigenvalue weighted by Gasteiger charge is 2.34. The summed E-state index contributed by atoms with van der Waals surface area (Å²) in [6.07, 6.45) is 6.02. The van der Waals surface area contributed by atoms with Gasteiger partial charge in [-0.3, -0.25) is 0 Å². The van der Waals surface area contributed by atoms with Gasteiger partial charge in [0.25, 0.3) is 0 Å². The van der Waals surface area contributed by atoms with E-state index in [2.05, 4.69) is 12.2 Å². The highest BCUT2D eigenvalue weighted by atomic mass is 16.6. The molecule has 4 nitrogen and oxygen atoms in total. The first kappa shape index (κ1) is 15.6. The number of hydrogen-bond acceptors (Lipinski definition) is 3. The number of carbonyl (C=O) groups is 1. The predicted octanol–water partition coefficient (Wildman–Crippen LogP) is 3.17. The van der Waals surface area contributed by atoms with Gasteiger partial charge in [-0.05, 0) is 65.8 Å². The van der Waals surface area contributed by atoms with Crippen LogP contribution in [0.2, 0.25) is 0 Å². The monoisotopic (exact) mass is 282 g/mol. The summed E-state index contributed by atoms with van der Waals surface area (Å²) in [5, 5.41) is 3.73. The van der Waals surface area contributed by atoms with Crippen molar-refractivity contribution in [1.82, 2.24) is 10.2 Å². The van der Waals surface area contributed by atoms with Crippen LogP contribution >= 0.6 is 0 Å². The maximum Gasteiger partial charge on any atom is 0.410 e. The fourth-order valence-corrected chi connectivity index (χ4v) is 2.77. The van der Waals surface area contributed by atoms with Crippen LogP contribution in [0.3, 0.4) is 0 Å². The number of rotatable bonds is 3. The van der Waals surface area contributed by atoms with Crippen LogP contribution in [0.15, 0.2) is 0 Å². The molecule has 2 fully saturated rings. The van der Waals surface area contributed by atoms with Gasteiger partial charge in [0.2, 0.25) is 0 Å². The number of nitrogens with one attached hydrogen (secondary N) is 1. The van der Waals surface area contributed by atoms with E-state index in [-0.39, 0.29) is 11.6 Å². The molecule has 0 aromatic carbocycles. The lowest BCUT2D eigenvalue weighted by Crippen LogP contribution is -2.54. The van der Waals surface area contributed by atoms with Crippen molar-refractivity contribution >= 4 is 6.09 Å². The second-order valence-electron chi connectivity index (χ2n) is 7.71. The summed E-state index contributed by atoms with van der Waals surface area (Å²) in [4.78, 5) is 13.9. The third-order valence-corrected chi connectivity index (χ3v) is 4.56. The Hall–Kier alpha value is -0.770. The molecule has 0 atom stereocenters. The highest BCUT2D eigenvalue weighted by molar-refractivity contribution is 5.68. The second-order valence-corrected chi connectivity index (χ2v) is 7.71. The Morgan fingerprint density at radius 3 is 2.35 bits per heavy atom. The van der Waals surface area contributed by atoms with Gasteiger partial charge in [-0.2, -0.15) is 0 Å². The standard InChI is InChI=1S/C16H30N2O2/c1-15(2,3)20-14(19)18-10-8-16(4,9-11-18)17-12-13-6-5-7-13/h13,17H,5-12H2,1-4H3. The number of ether oxygens (including phenoxy) is 1. The Labute approximate surface area is 123 Å². The largest absolute Gasteiger partial charge is 0.444 e. The topological polar surface area (TPSA) is 41.6 Å². The van der Waals surface area contributed by atoms with E-state index in [9.17, 15) is 4.79 Å². The maximum atomic E-state index is 12.0. The van der Waals surface area contributed by atoms with Crippen LogP contribution in [0.25, 0.3) is 0 Å². The van der Waals surface area contributed by atoms with Crippen LogP contribution < -0.4 is 5.32 Å². The van der Waals surface area contributed by atoms with Crippen LogP contribution in [0.4, 0.5) is 4.79 Å². The Bertz CT molecular complexity index is 337. The zero-order valence-corrected chi connectivity index (χ0v) is 13.5. The molecule has 116 valence electrons. The smallest absolute Gasteiger partial charge is 0.410 e. The van der Waals surface area contributed by atoms with Gasteiger partial charge in [0.1, 0.15) is 5.60 Å². The van der Waals surface area contributed by atoms with E-state index in [4.69, 9.17) is 4.74 Å². The molecule has 4 heteroatoms. The lowest BCUT2D eigenvalue weighted by molar-refractivity contribution is 0.0153. The maximum absolute atomic E-state index is 12.0. The average Bonchev–Trinajstić information content (AvgIpc) is 2.25. The summed E-state index contributed by atoms with van der Waals surface area (Å²) >= 11 is 0. The fourth-order valence-electron chi connectivity index (χ4n) is 2.77. The van der Waals surface area contributed by atoms with Crippen molar-refractivity contribution in [3.05, 3.63) is 0 Å². The first-order chi connectivity index (χ1) is 9.27. The molecule has 1 saturated carbocycles. The molecule has 0 radical (unpaired) electrons. The van der Waals surface area contributed by atoms with E-state index in [1.54, 1.807) is 0 Å². The minimum absolute atomic E-state index is 0.168. The molecule has 1 saturated heterocycles. The quantitative estimate of drug-likeness (QED) is 0.864. The molecule has 1 aliphatic carbocycles. The molecule has 1 N–H and O–H groups in total. The molecule has 1 amide bonds. The number of piperidine rings is 1. The lowest BCUT2D eigenvalue weighted by Gasteiger charge is -2.41. The summed E-state index contributed by atoms with van der Waals surface area (Å²) in [6, 6.07) is 0. The molecular formula is C16H30N2O2. The molecule has 1 heterocycles. The minimum Gasteiger partial charge on any atom is -0.444 e. The first-order valence-corrected chi connectivity index (χ1v) is 8.00. The van der Waals surface area contributed by atoms with Crippen molar-refractivity contribution < 1.29 is 9.53 Å². The lowest BCUT2D eigenvalue weighted by atomic mass is 9.83. The van der Waals surface area contributed by atoms with Gasteiger partial charge in [0.15, 0.2) is 0 Å². The van der Waals surface area contributed by atoms with Crippen LogP contribution in [0, 0.1) is 5.92 Å². The molecule has 0 bridgehead atoms. The Morgan fingerprint density at radius 1 is 1.30 bits per heavy atom. The van der Waals surface area contributed by atoms with Crippen molar-refractivity contribution in [2.75, 3.05) is 19.6 Å². The minimum atomic E-state index is -0.402. The van der Waals surface area contributed by atoms with E-state index in [0.717, 1.165) is 38.4 Å². The van der Waals surface area contributed by atoms with Crippen LogP contribution in [0.1, 0.15) is 59.8 Å². The molecule has 2 aliphatic rings. The Morgan fingerprint density at radius 2 is 1.90 bits per heavy atom. The molecule has 2 rings (SSSR count). The SMILES string of the molecule is CC1(NCC2CCC2)CCN(C(=O)OC(C)(C)C)CC1. The summed E-state index contributed by atoms with van der Waals surface area (Å²) < 4.78 is 5.44. The summed E-state index contributed by atoms with van der Waals surface area (Å²) in [6.45, 7) is 10.8. The van der Waals surface area contributed by atoms with Crippen LogP contribution in [0.5, 0.6) is 0 Å². The van der Waals surface area contributed by atoms with Crippen molar-refractivity contribution in [2.24, 2.45) is 5.92 Å². The average molecular weight is 282 g/mol. The fraction of sp³-hybridized carbons (Fsp3) is 0.938. The number of nitrogens with zero attached hydrogens (tertiary/aromatic N) is 1. The van der Waals surface area contributed by atoms with Gasteiger partial charge in [-0.1, -0.05) is 6.42 Å². The molecule has 0 aromatic heterocycles. The summed E-state index contributed by atoms with van der Waals surface area (Å²) in [7, 11) is 0. The number of likely N-dealkylation sites (tertiary alicyclic amines) is 1. The first-order valence-electron chi connectivity index (χ1n) is 8.00. The van der Waals surface area contributed by atoms with E-state index in [0.29, 0.717) is 0 Å². The van der Waals surface area contributed by atoms with E-state index in [1.165, 1.54) is 19.3 Å². The van der Waals surface area contributed by atoms with Gasteiger partial charge < -0.3 is 15.0 Å². The zero-order valence-electron chi connectivity index (χ0n) is 13.5. The molecule has 0 spiro atoms. The van der Waals surface area contributed by atoms with E-state index < -0.39 is 5.60 Å². The third kappa shape index (κ3) is 4.37. The number of carbonyl (C=O) groups excluding carboxylic acids is 1. The van der Waals surface area contributed by atoms with E-state index >= 15 is 0 Å². The van der Waals surface area contributed by atoms with Crippen molar-refractivity contribution in [2.45, 2.75) is 70.9 Å². The highest BCUT2D eigenvalue weighted by Crippen LogP contribution is 2.28. The summed E-state index contributed by atoms with van der Waals surface area (Å²) in [5.74, 6) is 0.885. The van der Waals surface area contributed by atoms with E-state index in [1.807, 2.05) is 25.7 Å². The molecule has 20 heavy (non-hydrogen) atoms. The third-order valence-electron chi connectivity index (χ3n) is 4.56. The normalized spacial score (nSPS) is 23.3. The predicted molar refractivity (Wildman–Crippen MR) is 80.8 cm³/mol. The van der Waals surface area contributed by atoms with Crippen molar-refractivity contribution in [3.63, 3.8) is 0 Å². The van der Waals surface area contributed by atoms with Gasteiger partial charge in [0, 0.05) is 18.6 Å². The molecular weight excluding hydrogens is 252 g/mol. The molecule has 1 aliphatic heterocycles. The molecule has 0 aromatic rings. The van der Waals surface area contributed by atoms with Crippen LogP contribution in [-0.2, 0) is 4.74 Å². The Balaban J connectivity index is 1.74. The Kier molecular flexibility index (Phi) is 4.62. The zero-order chi connectivity index (χ0) is 14.8. The summed E-state index contributed by atoms with van der Waals surface area (Å²) in [5.41, 5.74) is -0.214. The number of amides is 1.